The second-order valence-electron chi connectivity index (χ2n) is 6.83. The van der Waals surface area contributed by atoms with Crippen molar-refractivity contribution in [1.82, 2.24) is 4.98 Å². The number of nitrogens with one attached hydrogen (secondary N) is 1. The number of furan rings is 1. The number of carbonyl (C=O) groups is 1. The highest BCUT2D eigenvalue weighted by molar-refractivity contribution is 7.14. The third kappa shape index (κ3) is 4.93. The molecule has 0 unspecified atom stereocenters. The number of nitrogens with zero attached hydrogens (tertiary/aromatic N) is 2. The number of hydrogen-bond donors (Lipinski definition) is 1. The predicted octanol–water partition coefficient (Wildman–Crippen LogP) is 6.59. The van der Waals surface area contributed by atoms with Gasteiger partial charge in [-0.25, -0.2) is 4.98 Å². The van der Waals surface area contributed by atoms with E-state index in [-0.39, 0.29) is 11.6 Å². The van der Waals surface area contributed by atoms with E-state index < -0.39 is 4.92 Å². The van der Waals surface area contributed by atoms with Crippen LogP contribution in [0.15, 0.2) is 70.5 Å². The van der Waals surface area contributed by atoms with Crippen LogP contribution in [-0.4, -0.2) is 15.8 Å². The number of thiazole rings is 1. The zero-order valence-electron chi connectivity index (χ0n) is 16.7. The number of non-ortho nitro benzene ring substituents is 1. The van der Waals surface area contributed by atoms with Crippen LogP contribution in [0.4, 0.5) is 10.8 Å². The highest BCUT2D eigenvalue weighted by Gasteiger charge is 2.11. The molecule has 0 spiro atoms. The van der Waals surface area contributed by atoms with Crippen LogP contribution >= 0.6 is 22.9 Å². The van der Waals surface area contributed by atoms with E-state index in [1.54, 1.807) is 29.7 Å². The Kier molecular flexibility index (Phi) is 6.16. The average Bonchev–Trinajstić information content (AvgIpc) is 3.44. The maximum atomic E-state index is 12.3. The van der Waals surface area contributed by atoms with Crippen molar-refractivity contribution in [2.75, 3.05) is 5.32 Å². The maximum Gasteiger partial charge on any atom is 0.270 e. The number of rotatable bonds is 6. The summed E-state index contributed by atoms with van der Waals surface area (Å²) in [6, 6.07) is 15.4. The number of nitro groups is 1. The van der Waals surface area contributed by atoms with E-state index in [0.29, 0.717) is 32.9 Å². The van der Waals surface area contributed by atoms with Crippen molar-refractivity contribution >= 4 is 45.7 Å². The molecule has 0 saturated carbocycles. The van der Waals surface area contributed by atoms with Crippen LogP contribution in [0.3, 0.4) is 0 Å². The number of benzene rings is 2. The number of aryl methyl sites for hydroxylation is 1. The van der Waals surface area contributed by atoms with E-state index in [0.717, 1.165) is 11.1 Å². The molecule has 2 heterocycles. The van der Waals surface area contributed by atoms with Crippen molar-refractivity contribution in [3.8, 4) is 22.6 Å². The summed E-state index contributed by atoms with van der Waals surface area (Å²) < 4.78 is 5.76. The highest BCUT2D eigenvalue weighted by Crippen LogP contribution is 2.28. The first-order valence-corrected chi connectivity index (χ1v) is 10.7. The Morgan fingerprint density at radius 2 is 2.03 bits per heavy atom. The molecule has 4 rings (SSSR count). The fraction of sp³-hybridized carbons (Fsp3) is 0.0435. The first-order valence-electron chi connectivity index (χ1n) is 9.45. The molecular formula is C23H16ClN3O4S. The van der Waals surface area contributed by atoms with Gasteiger partial charge in [-0.05, 0) is 36.8 Å². The molecule has 160 valence electrons. The second-order valence-corrected chi connectivity index (χ2v) is 8.10. The summed E-state index contributed by atoms with van der Waals surface area (Å²) in [5.41, 5.74) is 2.96. The number of carbonyl (C=O) groups excluding carboxylic acids is 1. The fourth-order valence-corrected chi connectivity index (χ4v) is 3.79. The smallest absolute Gasteiger partial charge is 0.270 e. The van der Waals surface area contributed by atoms with Gasteiger partial charge in [-0.1, -0.05) is 35.9 Å². The molecular weight excluding hydrogens is 450 g/mol. The van der Waals surface area contributed by atoms with Gasteiger partial charge in [0.05, 0.1) is 10.6 Å². The van der Waals surface area contributed by atoms with Gasteiger partial charge < -0.3 is 4.42 Å². The Morgan fingerprint density at radius 1 is 1.19 bits per heavy atom. The summed E-state index contributed by atoms with van der Waals surface area (Å²) in [5.74, 6) is 0.790. The number of anilines is 1. The Hall–Kier alpha value is -3.75. The first kappa shape index (κ1) is 21.5. The van der Waals surface area contributed by atoms with Crippen LogP contribution in [0.5, 0.6) is 0 Å². The summed E-state index contributed by atoms with van der Waals surface area (Å²) in [4.78, 5) is 27.1. The molecule has 9 heteroatoms. The van der Waals surface area contributed by atoms with Crippen LogP contribution in [0.1, 0.15) is 11.3 Å². The van der Waals surface area contributed by atoms with Crippen molar-refractivity contribution in [3.63, 3.8) is 0 Å². The maximum absolute atomic E-state index is 12.3. The topological polar surface area (TPSA) is 98.3 Å². The van der Waals surface area contributed by atoms with E-state index in [2.05, 4.69) is 10.3 Å². The van der Waals surface area contributed by atoms with E-state index in [1.807, 2.05) is 31.2 Å². The molecule has 0 saturated heterocycles. The summed E-state index contributed by atoms with van der Waals surface area (Å²) >= 11 is 7.40. The minimum Gasteiger partial charge on any atom is -0.457 e. The number of amides is 1. The van der Waals surface area contributed by atoms with Gasteiger partial charge in [-0.3, -0.25) is 20.2 Å². The molecule has 0 radical (unpaired) electrons. The largest absolute Gasteiger partial charge is 0.457 e. The van der Waals surface area contributed by atoms with Crippen molar-refractivity contribution < 1.29 is 14.1 Å². The molecule has 0 aliphatic rings. The van der Waals surface area contributed by atoms with Crippen molar-refractivity contribution in [2.45, 2.75) is 6.92 Å². The van der Waals surface area contributed by atoms with Gasteiger partial charge in [0, 0.05) is 39.7 Å². The predicted molar refractivity (Wildman–Crippen MR) is 126 cm³/mol. The number of nitro benzene ring substituents is 1. The summed E-state index contributed by atoms with van der Waals surface area (Å²) in [5, 5.41) is 16.4. The van der Waals surface area contributed by atoms with E-state index in [4.69, 9.17) is 16.0 Å². The van der Waals surface area contributed by atoms with Crippen molar-refractivity contribution in [2.24, 2.45) is 0 Å². The van der Waals surface area contributed by atoms with Crippen LogP contribution in [-0.2, 0) is 4.79 Å². The molecule has 1 N–H and O–H groups in total. The van der Waals surface area contributed by atoms with E-state index in [1.165, 1.54) is 29.5 Å². The quantitative estimate of drug-likeness (QED) is 0.197. The lowest BCUT2D eigenvalue weighted by Crippen LogP contribution is -2.07. The monoisotopic (exact) mass is 465 g/mol. The number of halogens is 1. The van der Waals surface area contributed by atoms with Crippen LogP contribution in [0, 0.1) is 17.0 Å². The molecule has 0 bridgehead atoms. The first-order chi connectivity index (χ1) is 15.4. The highest BCUT2D eigenvalue weighted by atomic mass is 35.5. The average molecular weight is 466 g/mol. The van der Waals surface area contributed by atoms with Gasteiger partial charge in [0.1, 0.15) is 11.5 Å². The van der Waals surface area contributed by atoms with Crippen molar-refractivity contribution in [1.29, 1.82) is 0 Å². The molecule has 0 aliphatic carbocycles. The van der Waals surface area contributed by atoms with Gasteiger partial charge in [-0.15, -0.1) is 11.3 Å². The van der Waals surface area contributed by atoms with E-state index in [9.17, 15) is 14.9 Å². The van der Waals surface area contributed by atoms with Crippen LogP contribution in [0.2, 0.25) is 5.02 Å². The minimum atomic E-state index is -0.461. The Balaban J connectivity index is 1.41. The number of hydrogen-bond acceptors (Lipinski definition) is 6. The van der Waals surface area contributed by atoms with Gasteiger partial charge >= 0.3 is 0 Å². The zero-order valence-corrected chi connectivity index (χ0v) is 18.3. The van der Waals surface area contributed by atoms with Gasteiger partial charge in [0.2, 0.25) is 5.91 Å². The van der Waals surface area contributed by atoms with Crippen LogP contribution < -0.4 is 5.32 Å². The molecule has 2 aromatic carbocycles. The molecule has 2 aromatic heterocycles. The SMILES string of the molecule is Cc1ccc(-c2ccc(C=CC(=O)Nc3nc(-c4cccc([N+](=O)[O-])c4)cs3)o2)cc1Cl. The third-order valence-corrected chi connectivity index (χ3v) is 5.73. The summed E-state index contributed by atoms with van der Waals surface area (Å²) in [7, 11) is 0. The lowest BCUT2D eigenvalue weighted by molar-refractivity contribution is -0.384. The zero-order chi connectivity index (χ0) is 22.7. The Labute approximate surface area is 192 Å². The van der Waals surface area contributed by atoms with E-state index >= 15 is 0 Å². The molecule has 0 atom stereocenters. The Morgan fingerprint density at radius 3 is 2.81 bits per heavy atom. The minimum absolute atomic E-state index is 0.0188. The number of aromatic nitrogens is 1. The molecule has 4 aromatic rings. The van der Waals surface area contributed by atoms with Crippen molar-refractivity contribution in [3.05, 3.63) is 92.5 Å². The molecule has 1 amide bonds. The Bertz CT molecular complexity index is 1340. The molecule has 32 heavy (non-hydrogen) atoms. The van der Waals surface area contributed by atoms with Gasteiger partial charge in [-0.2, -0.15) is 0 Å². The molecule has 0 aliphatic heterocycles. The summed E-state index contributed by atoms with van der Waals surface area (Å²) in [6.07, 6.45) is 2.91. The molecule has 7 nitrogen and oxygen atoms in total. The summed E-state index contributed by atoms with van der Waals surface area (Å²) in [6.45, 7) is 1.93. The second kappa shape index (κ2) is 9.17. The van der Waals surface area contributed by atoms with Gasteiger partial charge in [0.15, 0.2) is 5.13 Å². The lowest BCUT2D eigenvalue weighted by atomic mass is 10.1. The van der Waals surface area contributed by atoms with Gasteiger partial charge in [0.25, 0.3) is 5.69 Å². The fourth-order valence-electron chi connectivity index (χ4n) is 2.89. The lowest BCUT2D eigenvalue weighted by Gasteiger charge is -2.00. The normalized spacial score (nSPS) is 11.1. The third-order valence-electron chi connectivity index (χ3n) is 4.57. The standard InChI is InChI=1S/C23H16ClN3O4S/c1-14-5-6-16(12-19(14)24)21-9-7-18(31-21)8-10-22(28)26-23-25-20(13-32-23)15-3-2-4-17(11-15)27(29)30/h2-13H,1H3,(H,25,26,28). The van der Waals surface area contributed by atoms with Crippen LogP contribution in [0.25, 0.3) is 28.7 Å². The molecule has 0 fully saturated rings.